The summed E-state index contributed by atoms with van der Waals surface area (Å²) in [7, 11) is 0. The minimum Gasteiger partial charge on any atom is -0.505 e. The van der Waals surface area contributed by atoms with E-state index in [2.05, 4.69) is 15.5 Å². The summed E-state index contributed by atoms with van der Waals surface area (Å²) in [4.78, 5) is 12.9. The average Bonchev–Trinajstić information content (AvgIpc) is 2.72. The van der Waals surface area contributed by atoms with Crippen molar-refractivity contribution in [3.8, 4) is 0 Å². The molecule has 0 fully saturated rings. The van der Waals surface area contributed by atoms with Crippen molar-refractivity contribution in [1.29, 1.82) is 0 Å². The number of carbonyl (C=O) groups is 1. The Labute approximate surface area is 178 Å². The first-order chi connectivity index (χ1) is 14.0. The molecule has 1 amide bonds. The van der Waals surface area contributed by atoms with Crippen LogP contribution in [0.15, 0.2) is 88.7 Å². The number of aliphatic hydroxyl groups excluding tert-OH is 1. The molecule has 3 rings (SSSR count). The number of halogens is 2. The SMILES string of the molecule is Cc1ccccc1N=NC(C(=O)Nc1cc(Cl)ccc1Cl)=C(O)c1ccccc1. The van der Waals surface area contributed by atoms with E-state index in [9.17, 15) is 9.90 Å². The van der Waals surface area contributed by atoms with E-state index >= 15 is 0 Å². The van der Waals surface area contributed by atoms with Crippen LogP contribution < -0.4 is 5.32 Å². The van der Waals surface area contributed by atoms with Crippen LogP contribution in [0.2, 0.25) is 10.0 Å². The summed E-state index contributed by atoms with van der Waals surface area (Å²) in [5.74, 6) is -0.980. The number of aryl methyl sites for hydroxylation is 1. The number of nitrogens with zero attached hydrogens (tertiary/aromatic N) is 2. The molecule has 0 heterocycles. The lowest BCUT2D eigenvalue weighted by Gasteiger charge is -2.10. The van der Waals surface area contributed by atoms with E-state index in [0.717, 1.165) is 5.56 Å². The molecule has 0 atom stereocenters. The molecule has 2 N–H and O–H groups in total. The van der Waals surface area contributed by atoms with Crippen molar-refractivity contribution in [1.82, 2.24) is 0 Å². The van der Waals surface area contributed by atoms with Crippen molar-refractivity contribution in [3.05, 3.63) is 99.7 Å². The fraction of sp³-hybridized carbons (Fsp3) is 0.0455. The van der Waals surface area contributed by atoms with Gasteiger partial charge < -0.3 is 10.4 Å². The van der Waals surface area contributed by atoms with Crippen LogP contribution >= 0.6 is 23.2 Å². The second kappa shape index (κ2) is 9.37. The number of nitrogens with one attached hydrogen (secondary N) is 1. The summed E-state index contributed by atoms with van der Waals surface area (Å²) in [5, 5.41) is 22.2. The molecule has 0 aliphatic heterocycles. The quantitative estimate of drug-likeness (QED) is 0.263. The maximum absolute atomic E-state index is 12.9. The van der Waals surface area contributed by atoms with Crippen molar-refractivity contribution in [3.63, 3.8) is 0 Å². The van der Waals surface area contributed by atoms with E-state index in [-0.39, 0.29) is 11.5 Å². The zero-order valence-corrected chi connectivity index (χ0v) is 16.9. The van der Waals surface area contributed by atoms with Crippen molar-refractivity contribution < 1.29 is 9.90 Å². The van der Waals surface area contributed by atoms with E-state index in [4.69, 9.17) is 23.2 Å². The molecule has 0 saturated carbocycles. The molecule has 0 spiro atoms. The maximum atomic E-state index is 12.9. The fourth-order valence-electron chi connectivity index (χ4n) is 2.49. The molecule has 3 aromatic carbocycles. The highest BCUT2D eigenvalue weighted by Crippen LogP contribution is 2.28. The average molecular weight is 426 g/mol. The molecule has 0 aromatic heterocycles. The fourth-order valence-corrected chi connectivity index (χ4v) is 2.82. The van der Waals surface area contributed by atoms with Gasteiger partial charge in [0.25, 0.3) is 5.91 Å². The monoisotopic (exact) mass is 425 g/mol. The third-order valence-corrected chi connectivity index (χ3v) is 4.60. The summed E-state index contributed by atoms with van der Waals surface area (Å²) in [6.45, 7) is 1.88. The summed E-state index contributed by atoms with van der Waals surface area (Å²) >= 11 is 12.1. The third-order valence-electron chi connectivity index (χ3n) is 4.04. The Morgan fingerprint density at radius 2 is 1.66 bits per heavy atom. The van der Waals surface area contributed by atoms with Gasteiger partial charge in [0.2, 0.25) is 0 Å². The first-order valence-electron chi connectivity index (χ1n) is 8.68. The van der Waals surface area contributed by atoms with E-state index in [1.807, 2.05) is 25.1 Å². The van der Waals surface area contributed by atoms with E-state index in [1.165, 1.54) is 6.07 Å². The number of benzene rings is 3. The number of azo groups is 1. The second-order valence-corrected chi connectivity index (χ2v) is 6.97. The van der Waals surface area contributed by atoms with E-state index in [1.54, 1.807) is 48.5 Å². The molecule has 29 heavy (non-hydrogen) atoms. The highest BCUT2D eigenvalue weighted by molar-refractivity contribution is 6.36. The lowest BCUT2D eigenvalue weighted by molar-refractivity contribution is -0.112. The predicted molar refractivity (Wildman–Crippen MR) is 117 cm³/mol. The second-order valence-electron chi connectivity index (χ2n) is 6.13. The highest BCUT2D eigenvalue weighted by atomic mass is 35.5. The number of amides is 1. The van der Waals surface area contributed by atoms with Crippen LogP contribution in [0.3, 0.4) is 0 Å². The molecule has 0 bridgehead atoms. The molecule has 0 radical (unpaired) electrons. The number of aliphatic hydroxyl groups is 1. The first-order valence-corrected chi connectivity index (χ1v) is 9.43. The van der Waals surface area contributed by atoms with Gasteiger partial charge in [0, 0.05) is 10.6 Å². The zero-order valence-electron chi connectivity index (χ0n) is 15.4. The summed E-state index contributed by atoms with van der Waals surface area (Å²) in [6, 6.07) is 20.6. The number of hydrogen-bond acceptors (Lipinski definition) is 4. The summed E-state index contributed by atoms with van der Waals surface area (Å²) in [5.41, 5.74) is 1.94. The zero-order chi connectivity index (χ0) is 20.8. The van der Waals surface area contributed by atoms with Crippen molar-refractivity contribution in [2.45, 2.75) is 6.92 Å². The minimum absolute atomic E-state index is 0.254. The van der Waals surface area contributed by atoms with Crippen LogP contribution in [0.4, 0.5) is 11.4 Å². The Balaban J connectivity index is 2.02. The summed E-state index contributed by atoms with van der Waals surface area (Å²) < 4.78 is 0. The van der Waals surface area contributed by atoms with Gasteiger partial charge in [-0.05, 0) is 36.8 Å². The number of carbonyl (C=O) groups excluding carboxylic acids is 1. The lowest BCUT2D eigenvalue weighted by atomic mass is 10.1. The number of anilines is 1. The molecular formula is C22H17Cl2N3O2. The molecule has 7 heteroatoms. The Morgan fingerprint density at radius 1 is 0.966 bits per heavy atom. The maximum Gasteiger partial charge on any atom is 0.280 e. The Kier molecular flexibility index (Phi) is 6.65. The Hall–Kier alpha value is -3.15. The molecule has 3 aromatic rings. The van der Waals surface area contributed by atoms with Gasteiger partial charge in [-0.3, -0.25) is 4.79 Å². The Morgan fingerprint density at radius 3 is 2.38 bits per heavy atom. The van der Waals surface area contributed by atoms with Crippen molar-refractivity contribution >= 4 is 46.2 Å². The molecule has 146 valence electrons. The Bertz CT molecular complexity index is 1100. The molecular weight excluding hydrogens is 409 g/mol. The largest absolute Gasteiger partial charge is 0.505 e. The number of hydrogen-bond donors (Lipinski definition) is 2. The van der Waals surface area contributed by atoms with Crippen LogP contribution in [-0.4, -0.2) is 11.0 Å². The number of rotatable bonds is 5. The van der Waals surface area contributed by atoms with Crippen molar-refractivity contribution in [2.75, 3.05) is 5.32 Å². The van der Waals surface area contributed by atoms with Gasteiger partial charge in [-0.25, -0.2) is 0 Å². The molecule has 0 saturated heterocycles. The highest BCUT2D eigenvalue weighted by Gasteiger charge is 2.18. The van der Waals surface area contributed by atoms with Gasteiger partial charge in [0.05, 0.1) is 16.4 Å². The predicted octanol–water partition coefficient (Wildman–Crippen LogP) is 6.95. The smallest absolute Gasteiger partial charge is 0.280 e. The first kappa shape index (κ1) is 20.6. The van der Waals surface area contributed by atoms with Crippen LogP contribution in [0.1, 0.15) is 11.1 Å². The van der Waals surface area contributed by atoms with Crippen LogP contribution in [-0.2, 0) is 4.79 Å². The normalized spacial score (nSPS) is 12.0. The standard InChI is InChI=1S/C22H17Cl2N3O2/c1-14-7-5-6-10-18(14)26-27-20(21(28)15-8-3-2-4-9-15)22(29)25-19-13-16(23)11-12-17(19)24/h2-13,28H,1H3,(H,25,29). The molecule has 5 nitrogen and oxygen atoms in total. The van der Waals surface area contributed by atoms with E-state index < -0.39 is 5.91 Å². The molecule has 0 aliphatic carbocycles. The third kappa shape index (κ3) is 5.22. The molecule has 0 aliphatic rings. The van der Waals surface area contributed by atoms with Gasteiger partial charge in [0.1, 0.15) is 0 Å². The van der Waals surface area contributed by atoms with Gasteiger partial charge in [0.15, 0.2) is 11.5 Å². The summed E-state index contributed by atoms with van der Waals surface area (Å²) in [6.07, 6.45) is 0. The molecule has 0 unspecified atom stereocenters. The lowest BCUT2D eigenvalue weighted by Crippen LogP contribution is -2.15. The minimum atomic E-state index is -0.673. The van der Waals surface area contributed by atoms with Gasteiger partial charge in [-0.15, -0.1) is 10.2 Å². The topological polar surface area (TPSA) is 74.0 Å². The van der Waals surface area contributed by atoms with Gasteiger partial charge in [-0.1, -0.05) is 71.7 Å². The van der Waals surface area contributed by atoms with Crippen LogP contribution in [0.5, 0.6) is 0 Å². The van der Waals surface area contributed by atoms with Crippen LogP contribution in [0, 0.1) is 6.92 Å². The van der Waals surface area contributed by atoms with Crippen LogP contribution in [0.25, 0.3) is 5.76 Å². The van der Waals surface area contributed by atoms with Gasteiger partial charge in [-0.2, -0.15) is 0 Å². The van der Waals surface area contributed by atoms with Crippen molar-refractivity contribution in [2.24, 2.45) is 10.2 Å². The van der Waals surface area contributed by atoms with E-state index in [0.29, 0.717) is 27.0 Å². The van der Waals surface area contributed by atoms with Gasteiger partial charge >= 0.3 is 0 Å².